The van der Waals surface area contributed by atoms with E-state index in [0.717, 1.165) is 25.7 Å². The molecule has 1 saturated carbocycles. The lowest BCUT2D eigenvalue weighted by Crippen LogP contribution is -2.42. The van der Waals surface area contributed by atoms with Crippen LogP contribution >= 0.6 is 11.6 Å². The number of hydrogen-bond acceptors (Lipinski definition) is 3. The van der Waals surface area contributed by atoms with Crippen molar-refractivity contribution in [3.8, 4) is 0 Å². The number of aliphatic hydroxyl groups is 1. The summed E-state index contributed by atoms with van der Waals surface area (Å²) in [5, 5.41) is 10.6. The number of carbonyl (C=O) groups excluding carboxylic acids is 1. The summed E-state index contributed by atoms with van der Waals surface area (Å²) >= 11 is 5.76. The van der Waals surface area contributed by atoms with E-state index in [0.29, 0.717) is 17.3 Å². The number of rotatable bonds is 3. The number of halogens is 1. The third-order valence-electron chi connectivity index (χ3n) is 3.39. The van der Waals surface area contributed by atoms with Gasteiger partial charge in [0.15, 0.2) is 0 Å². The van der Waals surface area contributed by atoms with Crippen molar-refractivity contribution in [1.82, 2.24) is 9.88 Å². The van der Waals surface area contributed by atoms with E-state index in [9.17, 15) is 9.90 Å². The van der Waals surface area contributed by atoms with Crippen LogP contribution in [0.2, 0.25) is 5.15 Å². The van der Waals surface area contributed by atoms with Gasteiger partial charge in [0.2, 0.25) is 0 Å². The summed E-state index contributed by atoms with van der Waals surface area (Å²) in [6.07, 6.45) is 5.09. The van der Waals surface area contributed by atoms with Gasteiger partial charge in [0.1, 0.15) is 5.15 Å². The molecule has 0 saturated heterocycles. The Hall–Kier alpha value is -1.13. The van der Waals surface area contributed by atoms with Crippen LogP contribution in [-0.2, 0) is 0 Å². The first-order chi connectivity index (χ1) is 8.50. The highest BCUT2D eigenvalue weighted by molar-refractivity contribution is 6.29. The molecule has 0 spiro atoms. The van der Waals surface area contributed by atoms with Gasteiger partial charge in [-0.25, -0.2) is 4.98 Å². The Kier molecular flexibility index (Phi) is 3.88. The second-order valence-electron chi connectivity index (χ2n) is 4.96. The Balaban J connectivity index is 2.04. The van der Waals surface area contributed by atoms with Gasteiger partial charge < -0.3 is 10.0 Å². The van der Waals surface area contributed by atoms with Gasteiger partial charge in [-0.1, -0.05) is 24.4 Å². The van der Waals surface area contributed by atoms with Crippen LogP contribution in [0.1, 0.15) is 36.0 Å². The van der Waals surface area contributed by atoms with Crippen LogP contribution in [0.4, 0.5) is 0 Å². The Morgan fingerprint density at radius 2 is 2.22 bits per heavy atom. The molecule has 0 bridgehead atoms. The van der Waals surface area contributed by atoms with Gasteiger partial charge >= 0.3 is 0 Å². The normalized spacial score (nSPS) is 17.7. The third-order valence-corrected chi connectivity index (χ3v) is 3.59. The molecule has 1 aliphatic carbocycles. The summed E-state index contributed by atoms with van der Waals surface area (Å²) < 4.78 is 0. The van der Waals surface area contributed by atoms with Crippen LogP contribution in [0.5, 0.6) is 0 Å². The zero-order valence-electron chi connectivity index (χ0n) is 10.4. The summed E-state index contributed by atoms with van der Waals surface area (Å²) in [5.74, 6) is -0.139. The molecule has 0 radical (unpaired) electrons. The first-order valence-corrected chi connectivity index (χ1v) is 6.47. The highest BCUT2D eigenvalue weighted by Gasteiger charge is 2.33. The molecule has 1 heterocycles. The van der Waals surface area contributed by atoms with Gasteiger partial charge in [-0.15, -0.1) is 0 Å². The van der Waals surface area contributed by atoms with Crippen LogP contribution in [0.25, 0.3) is 0 Å². The molecule has 1 N–H and O–H groups in total. The van der Waals surface area contributed by atoms with Gasteiger partial charge in [-0.3, -0.25) is 4.79 Å². The van der Waals surface area contributed by atoms with E-state index < -0.39 is 5.60 Å². The van der Waals surface area contributed by atoms with Crippen LogP contribution in [-0.4, -0.2) is 40.1 Å². The number of likely N-dealkylation sites (N-methyl/N-ethyl adjacent to an activating group) is 1. The SMILES string of the molecule is CN(CC1(O)CCCC1)C(=O)c1ccnc(Cl)c1. The van der Waals surface area contributed by atoms with Gasteiger partial charge in [0.25, 0.3) is 5.91 Å². The Bertz CT molecular complexity index is 444. The predicted octanol–water partition coefficient (Wildman–Crippen LogP) is 2.11. The topological polar surface area (TPSA) is 53.4 Å². The standard InChI is InChI=1S/C13H17ClN2O2/c1-16(9-13(18)5-2-3-6-13)12(17)10-4-7-15-11(14)8-10/h4,7-8,18H,2-3,5-6,9H2,1H3. The Labute approximate surface area is 112 Å². The van der Waals surface area contributed by atoms with Crippen LogP contribution < -0.4 is 0 Å². The molecule has 1 amide bonds. The van der Waals surface area contributed by atoms with E-state index in [1.54, 1.807) is 24.1 Å². The zero-order valence-corrected chi connectivity index (χ0v) is 11.2. The summed E-state index contributed by atoms with van der Waals surface area (Å²) in [6.45, 7) is 0.367. The van der Waals surface area contributed by atoms with Crippen molar-refractivity contribution < 1.29 is 9.90 Å². The summed E-state index contributed by atoms with van der Waals surface area (Å²) in [5.41, 5.74) is -0.222. The first kappa shape index (κ1) is 13.3. The molecule has 1 aliphatic rings. The number of carbonyl (C=O) groups is 1. The molecular weight excluding hydrogens is 252 g/mol. The van der Waals surface area contributed by atoms with E-state index in [-0.39, 0.29) is 5.91 Å². The van der Waals surface area contributed by atoms with Crippen molar-refractivity contribution in [1.29, 1.82) is 0 Å². The number of amides is 1. The second-order valence-corrected chi connectivity index (χ2v) is 5.35. The largest absolute Gasteiger partial charge is 0.388 e. The van der Waals surface area contributed by atoms with Gasteiger partial charge in [0.05, 0.1) is 5.60 Å². The minimum absolute atomic E-state index is 0.139. The van der Waals surface area contributed by atoms with Gasteiger partial charge in [-0.05, 0) is 25.0 Å². The monoisotopic (exact) mass is 268 g/mol. The minimum Gasteiger partial charge on any atom is -0.388 e. The average Bonchev–Trinajstić information content (AvgIpc) is 2.74. The quantitative estimate of drug-likeness (QED) is 0.855. The Morgan fingerprint density at radius 1 is 1.56 bits per heavy atom. The fraction of sp³-hybridized carbons (Fsp3) is 0.538. The van der Waals surface area contributed by atoms with Crippen molar-refractivity contribution in [2.24, 2.45) is 0 Å². The molecule has 0 aliphatic heterocycles. The van der Waals surface area contributed by atoms with Crippen LogP contribution in [0.3, 0.4) is 0 Å². The number of hydrogen-bond donors (Lipinski definition) is 1. The van der Waals surface area contributed by atoms with E-state index in [4.69, 9.17) is 11.6 Å². The number of aromatic nitrogens is 1. The molecule has 98 valence electrons. The van der Waals surface area contributed by atoms with E-state index in [1.165, 1.54) is 6.20 Å². The van der Waals surface area contributed by atoms with Crippen LogP contribution in [0.15, 0.2) is 18.3 Å². The van der Waals surface area contributed by atoms with Crippen molar-refractivity contribution >= 4 is 17.5 Å². The molecular formula is C13H17ClN2O2. The lowest BCUT2D eigenvalue weighted by Gasteiger charge is -2.28. The fourth-order valence-electron chi connectivity index (χ4n) is 2.46. The zero-order chi connectivity index (χ0) is 13.2. The van der Waals surface area contributed by atoms with Crippen molar-refractivity contribution in [3.63, 3.8) is 0 Å². The predicted molar refractivity (Wildman–Crippen MR) is 69.6 cm³/mol. The highest BCUT2D eigenvalue weighted by Crippen LogP contribution is 2.30. The fourth-order valence-corrected chi connectivity index (χ4v) is 2.63. The molecule has 4 nitrogen and oxygen atoms in total. The molecule has 0 atom stereocenters. The van der Waals surface area contributed by atoms with Crippen molar-refractivity contribution in [2.75, 3.05) is 13.6 Å². The van der Waals surface area contributed by atoms with E-state index in [1.807, 2.05) is 0 Å². The average molecular weight is 269 g/mol. The minimum atomic E-state index is -0.721. The molecule has 1 fully saturated rings. The second kappa shape index (κ2) is 5.24. The van der Waals surface area contributed by atoms with Gasteiger partial charge in [-0.2, -0.15) is 0 Å². The van der Waals surface area contributed by atoms with E-state index in [2.05, 4.69) is 4.98 Å². The summed E-state index contributed by atoms with van der Waals surface area (Å²) in [6, 6.07) is 3.17. The Morgan fingerprint density at radius 3 is 2.83 bits per heavy atom. The van der Waals surface area contributed by atoms with Crippen molar-refractivity contribution in [2.45, 2.75) is 31.3 Å². The maximum absolute atomic E-state index is 12.2. The molecule has 0 unspecified atom stereocenters. The lowest BCUT2D eigenvalue weighted by molar-refractivity contribution is 0.0157. The van der Waals surface area contributed by atoms with Crippen molar-refractivity contribution in [3.05, 3.63) is 29.0 Å². The van der Waals surface area contributed by atoms with Gasteiger partial charge in [0, 0.05) is 25.4 Å². The number of nitrogens with zero attached hydrogens (tertiary/aromatic N) is 2. The molecule has 0 aromatic carbocycles. The summed E-state index contributed by atoms with van der Waals surface area (Å²) in [7, 11) is 1.70. The first-order valence-electron chi connectivity index (χ1n) is 6.10. The molecule has 1 aromatic heterocycles. The third kappa shape index (κ3) is 3.00. The lowest BCUT2D eigenvalue weighted by atomic mass is 10.0. The highest BCUT2D eigenvalue weighted by atomic mass is 35.5. The summed E-state index contributed by atoms with van der Waals surface area (Å²) in [4.78, 5) is 17.6. The van der Waals surface area contributed by atoms with E-state index >= 15 is 0 Å². The molecule has 1 aromatic rings. The molecule has 2 rings (SSSR count). The molecule has 5 heteroatoms. The van der Waals surface area contributed by atoms with Crippen LogP contribution in [0, 0.1) is 0 Å². The maximum Gasteiger partial charge on any atom is 0.253 e. The number of pyridine rings is 1. The smallest absolute Gasteiger partial charge is 0.253 e. The molecule has 18 heavy (non-hydrogen) atoms. The maximum atomic E-state index is 12.2.